The second-order valence-corrected chi connectivity index (χ2v) is 4.38. The van der Waals surface area contributed by atoms with Gasteiger partial charge in [-0.2, -0.15) is 0 Å². The Balaban J connectivity index is 2.05. The van der Waals surface area contributed by atoms with E-state index in [1.807, 2.05) is 30.5 Å². The molecule has 0 radical (unpaired) electrons. The molecular formula is C16H14N2. The van der Waals surface area contributed by atoms with Gasteiger partial charge < -0.3 is 5.32 Å². The second-order valence-electron chi connectivity index (χ2n) is 4.38. The number of fused-ring (bicyclic) bond motifs is 1. The highest BCUT2D eigenvalue weighted by molar-refractivity contribution is 5.93. The van der Waals surface area contributed by atoms with Crippen molar-refractivity contribution in [2.75, 3.05) is 5.32 Å². The van der Waals surface area contributed by atoms with Crippen LogP contribution in [0, 0.1) is 6.92 Å². The molecule has 1 aromatic heterocycles. The Morgan fingerprint density at radius 3 is 2.72 bits per heavy atom. The second kappa shape index (κ2) is 4.49. The van der Waals surface area contributed by atoms with Gasteiger partial charge >= 0.3 is 0 Å². The number of aromatic nitrogens is 1. The van der Waals surface area contributed by atoms with Gasteiger partial charge in [0.25, 0.3) is 0 Å². The minimum absolute atomic E-state index is 0.902. The zero-order valence-electron chi connectivity index (χ0n) is 10.2. The molecule has 0 aliphatic carbocycles. The van der Waals surface area contributed by atoms with Gasteiger partial charge in [0.1, 0.15) is 5.82 Å². The summed E-state index contributed by atoms with van der Waals surface area (Å²) >= 11 is 0. The van der Waals surface area contributed by atoms with E-state index in [0.717, 1.165) is 16.9 Å². The molecule has 0 amide bonds. The molecule has 1 heterocycles. The van der Waals surface area contributed by atoms with Crippen LogP contribution in [0.3, 0.4) is 0 Å². The summed E-state index contributed by atoms with van der Waals surface area (Å²) in [6.45, 7) is 2.09. The van der Waals surface area contributed by atoms with E-state index in [0.29, 0.717) is 0 Å². The predicted octanol–water partition coefficient (Wildman–Crippen LogP) is 4.29. The lowest BCUT2D eigenvalue weighted by Gasteiger charge is -2.09. The van der Waals surface area contributed by atoms with Crippen LogP contribution in [0.5, 0.6) is 0 Å². The third-order valence-electron chi connectivity index (χ3n) is 2.95. The van der Waals surface area contributed by atoms with E-state index in [1.165, 1.54) is 10.9 Å². The molecule has 0 aliphatic heterocycles. The van der Waals surface area contributed by atoms with Crippen LogP contribution in [0.15, 0.2) is 60.8 Å². The maximum atomic E-state index is 4.42. The standard InChI is InChI=1S/C16H14N2/c1-12-5-4-7-14(11-12)18-16-15-8-3-2-6-13(15)9-10-17-16/h2-11H,1H3,(H,17,18). The molecule has 0 saturated heterocycles. The van der Waals surface area contributed by atoms with Gasteiger partial charge in [0.15, 0.2) is 0 Å². The number of hydrogen-bond donors (Lipinski definition) is 1. The maximum Gasteiger partial charge on any atom is 0.138 e. The van der Waals surface area contributed by atoms with Crippen molar-refractivity contribution in [1.29, 1.82) is 0 Å². The summed E-state index contributed by atoms with van der Waals surface area (Å²) < 4.78 is 0. The quantitative estimate of drug-likeness (QED) is 0.715. The van der Waals surface area contributed by atoms with Crippen LogP contribution in [0.25, 0.3) is 10.8 Å². The number of nitrogens with zero attached hydrogens (tertiary/aromatic N) is 1. The number of aryl methyl sites for hydroxylation is 1. The first-order valence-electron chi connectivity index (χ1n) is 6.00. The van der Waals surface area contributed by atoms with Gasteiger partial charge in [-0.3, -0.25) is 0 Å². The number of benzene rings is 2. The summed E-state index contributed by atoms with van der Waals surface area (Å²) in [5, 5.41) is 5.71. The van der Waals surface area contributed by atoms with E-state index < -0.39 is 0 Å². The molecule has 2 aromatic carbocycles. The van der Waals surface area contributed by atoms with Crippen LogP contribution in [0.2, 0.25) is 0 Å². The van der Waals surface area contributed by atoms with Crippen LogP contribution in [-0.4, -0.2) is 4.98 Å². The molecule has 0 atom stereocenters. The molecule has 0 saturated carbocycles. The lowest BCUT2D eigenvalue weighted by molar-refractivity contribution is 1.33. The number of pyridine rings is 1. The highest BCUT2D eigenvalue weighted by atomic mass is 15.0. The molecular weight excluding hydrogens is 220 g/mol. The summed E-state index contributed by atoms with van der Waals surface area (Å²) in [4.78, 5) is 4.42. The molecule has 3 aromatic rings. The van der Waals surface area contributed by atoms with E-state index in [2.05, 4.69) is 47.6 Å². The Kier molecular flexibility index (Phi) is 2.69. The number of rotatable bonds is 2. The molecule has 18 heavy (non-hydrogen) atoms. The van der Waals surface area contributed by atoms with Crippen LogP contribution in [0.4, 0.5) is 11.5 Å². The molecule has 0 fully saturated rings. The van der Waals surface area contributed by atoms with Gasteiger partial charge in [-0.25, -0.2) is 4.98 Å². The zero-order chi connectivity index (χ0) is 12.4. The molecule has 3 rings (SSSR count). The van der Waals surface area contributed by atoms with Gasteiger partial charge in [-0.15, -0.1) is 0 Å². The normalized spacial score (nSPS) is 10.5. The van der Waals surface area contributed by atoms with Crippen LogP contribution in [-0.2, 0) is 0 Å². The highest BCUT2D eigenvalue weighted by Gasteiger charge is 2.01. The average Bonchev–Trinajstić information content (AvgIpc) is 2.39. The first-order chi connectivity index (χ1) is 8.83. The number of nitrogens with one attached hydrogen (secondary N) is 1. The van der Waals surface area contributed by atoms with Crippen LogP contribution in [0.1, 0.15) is 5.56 Å². The summed E-state index contributed by atoms with van der Waals surface area (Å²) in [6, 6.07) is 18.6. The van der Waals surface area contributed by atoms with Crippen molar-refractivity contribution < 1.29 is 0 Å². The monoisotopic (exact) mass is 234 g/mol. The zero-order valence-corrected chi connectivity index (χ0v) is 10.2. The number of anilines is 2. The summed E-state index contributed by atoms with van der Waals surface area (Å²) in [7, 11) is 0. The van der Waals surface area contributed by atoms with E-state index in [4.69, 9.17) is 0 Å². The van der Waals surface area contributed by atoms with Crippen LogP contribution >= 0.6 is 0 Å². The fourth-order valence-electron chi connectivity index (χ4n) is 2.08. The third-order valence-corrected chi connectivity index (χ3v) is 2.95. The minimum Gasteiger partial charge on any atom is -0.340 e. The van der Waals surface area contributed by atoms with Crippen molar-refractivity contribution in [3.63, 3.8) is 0 Å². The van der Waals surface area contributed by atoms with E-state index >= 15 is 0 Å². The molecule has 0 bridgehead atoms. The lowest BCUT2D eigenvalue weighted by Crippen LogP contribution is -1.94. The summed E-state index contributed by atoms with van der Waals surface area (Å²) in [6.07, 6.45) is 1.83. The van der Waals surface area contributed by atoms with E-state index in [1.54, 1.807) is 0 Å². The smallest absolute Gasteiger partial charge is 0.138 e. The molecule has 1 N–H and O–H groups in total. The minimum atomic E-state index is 0.902. The highest BCUT2D eigenvalue weighted by Crippen LogP contribution is 2.24. The molecule has 0 spiro atoms. The van der Waals surface area contributed by atoms with Gasteiger partial charge in [-0.05, 0) is 36.1 Å². The maximum absolute atomic E-state index is 4.42. The molecule has 0 aliphatic rings. The first kappa shape index (κ1) is 10.8. The van der Waals surface area contributed by atoms with Crippen molar-refractivity contribution in [3.8, 4) is 0 Å². The molecule has 2 nitrogen and oxygen atoms in total. The molecule has 88 valence electrons. The van der Waals surface area contributed by atoms with Crippen molar-refractivity contribution >= 4 is 22.3 Å². The summed E-state index contributed by atoms with van der Waals surface area (Å²) in [5.74, 6) is 0.902. The van der Waals surface area contributed by atoms with Crippen molar-refractivity contribution in [2.24, 2.45) is 0 Å². The Morgan fingerprint density at radius 2 is 1.83 bits per heavy atom. The van der Waals surface area contributed by atoms with E-state index in [9.17, 15) is 0 Å². The lowest BCUT2D eigenvalue weighted by atomic mass is 10.1. The van der Waals surface area contributed by atoms with Crippen molar-refractivity contribution in [2.45, 2.75) is 6.92 Å². The first-order valence-corrected chi connectivity index (χ1v) is 6.00. The van der Waals surface area contributed by atoms with Gasteiger partial charge in [0, 0.05) is 17.3 Å². The SMILES string of the molecule is Cc1cccc(Nc2nccc3ccccc23)c1. The predicted molar refractivity (Wildman–Crippen MR) is 76.2 cm³/mol. The Morgan fingerprint density at radius 1 is 0.944 bits per heavy atom. The van der Waals surface area contributed by atoms with Gasteiger partial charge in [0.2, 0.25) is 0 Å². The third kappa shape index (κ3) is 2.05. The average molecular weight is 234 g/mol. The Labute approximate surface area is 106 Å². The number of hydrogen-bond acceptors (Lipinski definition) is 2. The van der Waals surface area contributed by atoms with Crippen molar-refractivity contribution in [1.82, 2.24) is 4.98 Å². The van der Waals surface area contributed by atoms with Gasteiger partial charge in [0.05, 0.1) is 0 Å². The Hall–Kier alpha value is -2.35. The van der Waals surface area contributed by atoms with Gasteiger partial charge in [-0.1, -0.05) is 36.4 Å². The summed E-state index contributed by atoms with van der Waals surface area (Å²) in [5.41, 5.74) is 2.30. The topological polar surface area (TPSA) is 24.9 Å². The fourth-order valence-corrected chi connectivity index (χ4v) is 2.08. The van der Waals surface area contributed by atoms with Crippen molar-refractivity contribution in [3.05, 3.63) is 66.4 Å². The molecule has 0 unspecified atom stereocenters. The largest absolute Gasteiger partial charge is 0.340 e. The van der Waals surface area contributed by atoms with Crippen LogP contribution < -0.4 is 5.32 Å². The Bertz CT molecular complexity index is 684. The van der Waals surface area contributed by atoms with E-state index in [-0.39, 0.29) is 0 Å². The fraction of sp³-hybridized carbons (Fsp3) is 0.0625. The molecule has 2 heteroatoms.